The molecular weight excluding hydrogens is 156 g/mol. The van der Waals surface area contributed by atoms with Crippen molar-refractivity contribution in [3.63, 3.8) is 0 Å². The molecular formula is C8H14N2O2. The van der Waals surface area contributed by atoms with E-state index in [9.17, 15) is 4.79 Å². The zero-order chi connectivity index (χ0) is 9.14. The topological polar surface area (TPSA) is 43.8 Å². The molecule has 0 spiro atoms. The zero-order valence-electron chi connectivity index (χ0n) is 7.23. The first-order chi connectivity index (χ1) is 5.66. The predicted molar refractivity (Wildman–Crippen MR) is 45.6 cm³/mol. The van der Waals surface area contributed by atoms with Crippen LogP contribution in [-0.2, 0) is 0 Å². The summed E-state index contributed by atoms with van der Waals surface area (Å²) in [7, 11) is 0. The average molecular weight is 170 g/mol. The van der Waals surface area contributed by atoms with Gasteiger partial charge in [0.25, 0.3) is 0 Å². The SMILES string of the molecule is C=CCN1CCN(C(C)O)C1=O. The Morgan fingerprint density at radius 2 is 2.42 bits per heavy atom. The van der Waals surface area contributed by atoms with E-state index in [2.05, 4.69) is 6.58 Å². The van der Waals surface area contributed by atoms with E-state index < -0.39 is 6.23 Å². The van der Waals surface area contributed by atoms with Crippen molar-refractivity contribution in [3.05, 3.63) is 12.7 Å². The second-order valence-electron chi connectivity index (χ2n) is 2.84. The molecule has 1 heterocycles. The quantitative estimate of drug-likeness (QED) is 0.617. The van der Waals surface area contributed by atoms with Gasteiger partial charge in [-0.2, -0.15) is 0 Å². The van der Waals surface area contributed by atoms with Crippen molar-refractivity contribution in [3.8, 4) is 0 Å². The summed E-state index contributed by atoms with van der Waals surface area (Å²) in [4.78, 5) is 14.5. The third-order valence-electron chi connectivity index (χ3n) is 1.93. The Morgan fingerprint density at radius 3 is 2.83 bits per heavy atom. The van der Waals surface area contributed by atoms with Crippen molar-refractivity contribution in [2.24, 2.45) is 0 Å². The van der Waals surface area contributed by atoms with Crippen LogP contribution in [0.3, 0.4) is 0 Å². The lowest BCUT2D eigenvalue weighted by Crippen LogP contribution is -2.37. The van der Waals surface area contributed by atoms with Gasteiger partial charge in [0.05, 0.1) is 0 Å². The molecule has 0 saturated carbocycles. The largest absolute Gasteiger partial charge is 0.374 e. The van der Waals surface area contributed by atoms with Gasteiger partial charge >= 0.3 is 6.03 Å². The van der Waals surface area contributed by atoms with Crippen LogP contribution in [0.4, 0.5) is 4.79 Å². The Bertz CT molecular complexity index is 191. The fourth-order valence-electron chi connectivity index (χ4n) is 1.27. The molecule has 12 heavy (non-hydrogen) atoms. The van der Waals surface area contributed by atoms with E-state index in [0.29, 0.717) is 19.6 Å². The minimum absolute atomic E-state index is 0.107. The maximum absolute atomic E-state index is 11.4. The smallest absolute Gasteiger partial charge is 0.322 e. The summed E-state index contributed by atoms with van der Waals surface area (Å²) in [6, 6.07) is -0.107. The van der Waals surface area contributed by atoms with E-state index in [-0.39, 0.29) is 6.03 Å². The lowest BCUT2D eigenvalue weighted by Gasteiger charge is -2.19. The summed E-state index contributed by atoms with van der Waals surface area (Å²) in [6.45, 7) is 6.98. The molecule has 1 unspecified atom stereocenters. The highest BCUT2D eigenvalue weighted by molar-refractivity contribution is 5.76. The Hall–Kier alpha value is -1.03. The Balaban J connectivity index is 2.54. The molecule has 1 fully saturated rings. The average Bonchev–Trinajstić information content (AvgIpc) is 2.34. The molecule has 4 nitrogen and oxygen atoms in total. The number of hydrogen-bond donors (Lipinski definition) is 1. The molecule has 1 rings (SSSR count). The van der Waals surface area contributed by atoms with Gasteiger partial charge in [-0.05, 0) is 6.92 Å². The van der Waals surface area contributed by atoms with Crippen molar-refractivity contribution >= 4 is 6.03 Å². The van der Waals surface area contributed by atoms with Crippen molar-refractivity contribution in [1.82, 2.24) is 9.80 Å². The second kappa shape index (κ2) is 3.58. The van der Waals surface area contributed by atoms with E-state index in [1.807, 2.05) is 0 Å². The molecule has 4 heteroatoms. The maximum Gasteiger partial charge on any atom is 0.322 e. The fraction of sp³-hybridized carbons (Fsp3) is 0.625. The van der Waals surface area contributed by atoms with Gasteiger partial charge < -0.3 is 10.0 Å². The van der Waals surface area contributed by atoms with Crippen LogP contribution >= 0.6 is 0 Å². The molecule has 0 aromatic carbocycles. The molecule has 0 aromatic rings. The van der Waals surface area contributed by atoms with Crippen LogP contribution in [0.5, 0.6) is 0 Å². The molecule has 0 radical (unpaired) electrons. The number of aliphatic hydroxyl groups is 1. The van der Waals surface area contributed by atoms with Crippen LogP contribution < -0.4 is 0 Å². The van der Waals surface area contributed by atoms with E-state index in [4.69, 9.17) is 5.11 Å². The number of nitrogens with zero attached hydrogens (tertiary/aromatic N) is 2. The van der Waals surface area contributed by atoms with Crippen LogP contribution in [-0.4, -0.2) is 46.8 Å². The van der Waals surface area contributed by atoms with Crippen molar-refractivity contribution in [1.29, 1.82) is 0 Å². The minimum Gasteiger partial charge on any atom is -0.374 e. The Kier molecular flexibility index (Phi) is 2.70. The monoisotopic (exact) mass is 170 g/mol. The van der Waals surface area contributed by atoms with Crippen LogP contribution in [0.1, 0.15) is 6.92 Å². The van der Waals surface area contributed by atoms with E-state index in [1.54, 1.807) is 17.9 Å². The zero-order valence-corrected chi connectivity index (χ0v) is 7.23. The molecule has 1 saturated heterocycles. The Morgan fingerprint density at radius 1 is 1.75 bits per heavy atom. The first-order valence-corrected chi connectivity index (χ1v) is 4.01. The number of hydrogen-bond acceptors (Lipinski definition) is 2. The molecule has 1 N–H and O–H groups in total. The predicted octanol–water partition coefficient (Wildman–Crippen LogP) is 0.248. The maximum atomic E-state index is 11.4. The van der Waals surface area contributed by atoms with E-state index in [1.165, 1.54) is 4.90 Å². The number of urea groups is 1. The number of carbonyl (C=O) groups excluding carboxylic acids is 1. The molecule has 1 aliphatic rings. The highest BCUT2D eigenvalue weighted by atomic mass is 16.3. The third kappa shape index (κ3) is 1.58. The highest BCUT2D eigenvalue weighted by Gasteiger charge is 2.29. The van der Waals surface area contributed by atoms with Gasteiger partial charge in [-0.25, -0.2) is 4.79 Å². The molecule has 0 aliphatic carbocycles. The molecule has 0 aromatic heterocycles. The van der Waals surface area contributed by atoms with Crippen LogP contribution in [0.25, 0.3) is 0 Å². The number of aliphatic hydroxyl groups excluding tert-OH is 1. The molecule has 1 aliphatic heterocycles. The first-order valence-electron chi connectivity index (χ1n) is 4.01. The number of amides is 2. The van der Waals surface area contributed by atoms with Crippen LogP contribution in [0.2, 0.25) is 0 Å². The molecule has 2 amide bonds. The van der Waals surface area contributed by atoms with Gasteiger partial charge in [-0.1, -0.05) is 6.08 Å². The lowest BCUT2D eigenvalue weighted by molar-refractivity contribution is 0.0572. The second-order valence-corrected chi connectivity index (χ2v) is 2.84. The third-order valence-corrected chi connectivity index (χ3v) is 1.93. The summed E-state index contributed by atoms with van der Waals surface area (Å²) in [5, 5.41) is 9.16. The number of rotatable bonds is 3. The summed E-state index contributed by atoms with van der Waals surface area (Å²) in [5.74, 6) is 0. The minimum atomic E-state index is -0.688. The van der Waals surface area contributed by atoms with Gasteiger partial charge in [0.2, 0.25) is 0 Å². The summed E-state index contributed by atoms with van der Waals surface area (Å²) < 4.78 is 0. The number of carbonyl (C=O) groups is 1. The normalized spacial score (nSPS) is 20.0. The summed E-state index contributed by atoms with van der Waals surface area (Å²) in [6.07, 6.45) is 0.996. The van der Waals surface area contributed by atoms with Crippen LogP contribution in [0.15, 0.2) is 12.7 Å². The van der Waals surface area contributed by atoms with Gasteiger partial charge in [-0.15, -0.1) is 6.58 Å². The highest BCUT2D eigenvalue weighted by Crippen LogP contribution is 2.10. The van der Waals surface area contributed by atoms with Gasteiger partial charge in [0, 0.05) is 19.6 Å². The van der Waals surface area contributed by atoms with Crippen LogP contribution in [0, 0.1) is 0 Å². The van der Waals surface area contributed by atoms with E-state index in [0.717, 1.165) is 0 Å². The van der Waals surface area contributed by atoms with Gasteiger partial charge in [-0.3, -0.25) is 4.90 Å². The standard InChI is InChI=1S/C8H14N2O2/c1-3-4-9-5-6-10(7(2)11)8(9)12/h3,7,11H,1,4-6H2,2H3. The molecule has 0 bridgehead atoms. The Labute approximate surface area is 72.1 Å². The molecule has 68 valence electrons. The van der Waals surface area contributed by atoms with Gasteiger partial charge in [0.15, 0.2) is 0 Å². The first kappa shape index (κ1) is 9.06. The lowest BCUT2D eigenvalue weighted by atomic mass is 10.5. The molecule has 1 atom stereocenters. The van der Waals surface area contributed by atoms with Crippen molar-refractivity contribution in [2.75, 3.05) is 19.6 Å². The fourth-order valence-corrected chi connectivity index (χ4v) is 1.27. The van der Waals surface area contributed by atoms with Crippen molar-refractivity contribution < 1.29 is 9.90 Å². The summed E-state index contributed by atoms with van der Waals surface area (Å²) >= 11 is 0. The van der Waals surface area contributed by atoms with E-state index >= 15 is 0 Å². The van der Waals surface area contributed by atoms with Crippen molar-refractivity contribution in [2.45, 2.75) is 13.2 Å². The van der Waals surface area contributed by atoms with Gasteiger partial charge in [0.1, 0.15) is 6.23 Å². The summed E-state index contributed by atoms with van der Waals surface area (Å²) in [5.41, 5.74) is 0.